The number of hydrogen-bond acceptors (Lipinski definition) is 13. The van der Waals surface area contributed by atoms with Crippen LogP contribution in [0.2, 0.25) is 0 Å². The summed E-state index contributed by atoms with van der Waals surface area (Å²) in [6.45, 7) is 27.0. The second kappa shape index (κ2) is 31.4. The second-order valence-corrected chi connectivity index (χ2v) is 18.4. The van der Waals surface area contributed by atoms with Gasteiger partial charge in [0.1, 0.15) is 12.2 Å². The average molecular weight is 918 g/mol. The molecule has 8 atom stereocenters. The minimum absolute atomic E-state index is 0. The van der Waals surface area contributed by atoms with Crippen molar-refractivity contribution in [3.05, 3.63) is 89.1 Å². The summed E-state index contributed by atoms with van der Waals surface area (Å²) in [5.74, 6) is 0. The topological polar surface area (TPSA) is 204 Å². The second-order valence-electron chi connectivity index (χ2n) is 15.2. The third-order valence-electron chi connectivity index (χ3n) is 10.4. The number of benzene rings is 2. The van der Waals surface area contributed by atoms with E-state index in [0.29, 0.717) is 25.9 Å². The smallest absolute Gasteiger partial charge is 0.512 e. The molecular formula is C45H60N5NaO10S2. The predicted octanol–water partition coefficient (Wildman–Crippen LogP) is 5.15. The fourth-order valence-electron chi connectivity index (χ4n) is 6.82. The van der Waals surface area contributed by atoms with Crippen molar-refractivity contribution in [1.82, 2.24) is 0 Å². The van der Waals surface area contributed by atoms with Crippen LogP contribution in [0.3, 0.4) is 0 Å². The normalized spacial score (nSPS) is 24.5. The molecular weight excluding hydrogens is 858 g/mol. The Morgan fingerprint density at radius 1 is 0.556 bits per heavy atom. The van der Waals surface area contributed by atoms with Gasteiger partial charge in [-0.2, -0.15) is 27.4 Å². The Hall–Kier alpha value is -3.45. The van der Waals surface area contributed by atoms with E-state index in [4.69, 9.17) is 62.8 Å². The van der Waals surface area contributed by atoms with Crippen LogP contribution in [0.4, 0.5) is 0 Å². The Morgan fingerprint density at radius 2 is 0.841 bits per heavy atom. The van der Waals surface area contributed by atoms with Crippen LogP contribution in [0, 0.1) is 61.5 Å². The van der Waals surface area contributed by atoms with Crippen LogP contribution in [0.5, 0.6) is 0 Å². The van der Waals surface area contributed by atoms with Gasteiger partial charge in [0.05, 0.1) is 84.6 Å². The number of hydrogen-bond donors (Lipinski definition) is 0. The summed E-state index contributed by atoms with van der Waals surface area (Å²) in [5.41, 5.74) is 2.03. The van der Waals surface area contributed by atoms with Crippen LogP contribution in [0.1, 0.15) is 102 Å². The van der Waals surface area contributed by atoms with E-state index in [2.05, 4.69) is 35.7 Å². The SMILES string of the molecule is CC[C@@H]1CC[C@@H](COS(=O)(=O)c2ccc(C)cc2)O1.CC[C@@H]1CC[C@H](COS(=O)(=O)c2ccc(C)cc2)O1.[C-]#N.[C-]#[N+]C[C@@H]1CC[C@@H](CC#N)O1.[C-]#[N+]C[C@@H]1CC[C@H](CC#N)O1.[Na+]. The zero-order valence-electron chi connectivity index (χ0n) is 37.2. The van der Waals surface area contributed by atoms with Gasteiger partial charge < -0.3 is 40.5 Å². The van der Waals surface area contributed by atoms with Gasteiger partial charge in [0, 0.05) is 0 Å². The van der Waals surface area contributed by atoms with Gasteiger partial charge in [-0.25, -0.2) is 13.1 Å². The Morgan fingerprint density at radius 3 is 1.13 bits per heavy atom. The third-order valence-corrected chi connectivity index (χ3v) is 12.9. The number of rotatable bonds is 14. The van der Waals surface area contributed by atoms with Gasteiger partial charge in [0.2, 0.25) is 13.1 Å². The van der Waals surface area contributed by atoms with Crippen molar-refractivity contribution < 1.29 is 73.7 Å². The first-order valence-electron chi connectivity index (χ1n) is 20.9. The molecule has 0 bridgehead atoms. The minimum atomic E-state index is -3.67. The van der Waals surface area contributed by atoms with E-state index >= 15 is 0 Å². The zero-order valence-corrected chi connectivity index (χ0v) is 40.8. The molecule has 4 aliphatic heterocycles. The van der Waals surface area contributed by atoms with Gasteiger partial charge in [-0.05, 0) is 102 Å². The van der Waals surface area contributed by atoms with Gasteiger partial charge in [-0.15, -0.1) is 0 Å². The molecule has 0 aliphatic carbocycles. The van der Waals surface area contributed by atoms with Crippen molar-refractivity contribution in [2.45, 2.75) is 163 Å². The van der Waals surface area contributed by atoms with E-state index in [1.165, 1.54) is 0 Å². The van der Waals surface area contributed by atoms with Crippen LogP contribution in [0.15, 0.2) is 58.3 Å². The fourth-order valence-corrected chi connectivity index (χ4v) is 8.69. The molecule has 4 saturated heterocycles. The largest absolute Gasteiger partial charge is 1.00 e. The Balaban J connectivity index is 0.000000425. The summed E-state index contributed by atoms with van der Waals surface area (Å²) in [4.78, 5) is 6.90. The molecule has 338 valence electrons. The molecule has 0 aromatic heterocycles. The maximum absolute atomic E-state index is 12.0. The van der Waals surface area contributed by atoms with E-state index in [1.807, 2.05) is 13.8 Å². The average Bonchev–Trinajstić information content (AvgIpc) is 4.11. The molecule has 0 unspecified atom stereocenters. The van der Waals surface area contributed by atoms with Crippen molar-refractivity contribution >= 4 is 20.2 Å². The third kappa shape index (κ3) is 21.9. The Labute approximate surface area is 398 Å². The van der Waals surface area contributed by atoms with Gasteiger partial charge in [0.25, 0.3) is 20.2 Å². The fraction of sp³-hybridized carbons (Fsp3) is 0.622. The molecule has 0 amide bonds. The van der Waals surface area contributed by atoms with E-state index in [9.17, 15) is 16.8 Å². The molecule has 0 N–H and O–H groups in total. The monoisotopic (exact) mass is 917 g/mol. The van der Waals surface area contributed by atoms with Crippen LogP contribution >= 0.6 is 0 Å². The van der Waals surface area contributed by atoms with Crippen LogP contribution in [-0.4, -0.2) is 92.0 Å². The van der Waals surface area contributed by atoms with E-state index in [1.54, 1.807) is 48.5 Å². The molecule has 4 aliphatic rings. The molecule has 4 heterocycles. The maximum Gasteiger partial charge on any atom is 1.00 e. The van der Waals surface area contributed by atoms with Crippen molar-refractivity contribution in [2.24, 2.45) is 0 Å². The standard InChI is InChI=1S/2C14H20O4S.2C8H10N2O.CN.Na/c2*1-3-12-6-7-13(18-12)10-17-19(15,16)14-8-4-11(2)5-9-14;2*1-10-6-8-3-2-7(11-8)4-5-9;1-2;/h2*4-5,8-9,12-13H,3,6-7,10H2,1-2H3;2*7-8H,2-4,6H2;;/q;;;;-1;+1/t12-,13+;12-,13-;7-,8+;7-,8-;;/m1110../s1. The van der Waals surface area contributed by atoms with Gasteiger partial charge in [0.15, 0.2) is 0 Å². The van der Waals surface area contributed by atoms with Gasteiger partial charge in [-0.1, -0.05) is 49.2 Å². The summed E-state index contributed by atoms with van der Waals surface area (Å²) in [6.07, 6.45) is 10.9. The molecule has 4 fully saturated rings. The Kier molecular flexibility index (Phi) is 28.7. The van der Waals surface area contributed by atoms with Crippen LogP contribution in [-0.2, 0) is 47.5 Å². The van der Waals surface area contributed by atoms with Gasteiger partial charge in [-0.3, -0.25) is 8.37 Å². The van der Waals surface area contributed by atoms with Gasteiger partial charge >= 0.3 is 29.6 Å². The first-order chi connectivity index (χ1) is 29.7. The summed E-state index contributed by atoms with van der Waals surface area (Å²) in [7, 11) is -7.34. The number of nitriles is 2. The quantitative estimate of drug-likeness (QED) is 0.137. The number of ether oxygens (including phenoxy) is 4. The van der Waals surface area contributed by atoms with Crippen LogP contribution in [0.25, 0.3) is 9.69 Å². The summed E-state index contributed by atoms with van der Waals surface area (Å²) >= 11 is 0. The van der Waals surface area contributed by atoms with E-state index < -0.39 is 20.2 Å². The van der Waals surface area contributed by atoms with Crippen molar-refractivity contribution in [1.29, 1.82) is 15.8 Å². The van der Waals surface area contributed by atoms with Crippen molar-refractivity contribution in [2.75, 3.05) is 26.3 Å². The molecule has 18 heteroatoms. The first-order valence-corrected chi connectivity index (χ1v) is 23.7. The molecule has 6 rings (SSSR count). The minimum Gasteiger partial charge on any atom is -0.512 e. The number of aryl methyl sites for hydroxylation is 2. The maximum atomic E-state index is 12.0. The van der Waals surface area contributed by atoms with E-state index in [0.717, 1.165) is 75.3 Å². The molecule has 15 nitrogen and oxygen atoms in total. The molecule has 2 aromatic carbocycles. The molecule has 63 heavy (non-hydrogen) atoms. The zero-order chi connectivity index (χ0) is 46.0. The number of nitrogens with zero attached hydrogens (tertiary/aromatic N) is 5. The first kappa shape index (κ1) is 57.6. The van der Waals surface area contributed by atoms with Crippen molar-refractivity contribution in [3.63, 3.8) is 0 Å². The molecule has 0 radical (unpaired) electrons. The summed E-state index contributed by atoms with van der Waals surface area (Å²) < 4.78 is 80.2. The Bertz CT molecular complexity index is 1840. The summed E-state index contributed by atoms with van der Waals surface area (Å²) in [5, 5.41) is 23.0. The van der Waals surface area contributed by atoms with Crippen molar-refractivity contribution in [3.8, 4) is 12.1 Å². The summed E-state index contributed by atoms with van der Waals surface area (Å²) in [6, 6.07) is 17.4. The van der Waals surface area contributed by atoms with E-state index in [-0.39, 0.29) is 101 Å². The molecule has 2 aromatic rings. The predicted molar refractivity (Wildman–Crippen MR) is 229 cm³/mol. The molecule has 0 saturated carbocycles. The molecule has 0 spiro atoms. The van der Waals surface area contributed by atoms with Crippen LogP contribution < -0.4 is 29.6 Å².